The monoisotopic (exact) mass is 522 g/mol. The summed E-state index contributed by atoms with van der Waals surface area (Å²) in [5.41, 5.74) is 7.08. The van der Waals surface area contributed by atoms with Gasteiger partial charge in [0.05, 0.1) is 17.6 Å². The van der Waals surface area contributed by atoms with Gasteiger partial charge in [-0.15, -0.1) is 0 Å². The second-order valence-corrected chi connectivity index (χ2v) is 11.1. The van der Waals surface area contributed by atoms with E-state index in [1.54, 1.807) is 32.0 Å². The van der Waals surface area contributed by atoms with Gasteiger partial charge in [0, 0.05) is 25.1 Å². The maximum atomic E-state index is 13.3. The van der Waals surface area contributed by atoms with Gasteiger partial charge < -0.3 is 30.2 Å². The summed E-state index contributed by atoms with van der Waals surface area (Å²) in [6, 6.07) is 11.1. The maximum absolute atomic E-state index is 13.3. The van der Waals surface area contributed by atoms with Crippen LogP contribution in [-0.2, 0) is 21.1 Å². The molecule has 1 aliphatic rings. The molecule has 0 fully saturated rings. The van der Waals surface area contributed by atoms with E-state index in [0.717, 1.165) is 5.56 Å². The highest BCUT2D eigenvalue weighted by Crippen LogP contribution is 2.35. The minimum Gasteiger partial charge on any atom is -0.494 e. The molecule has 2 aromatic carbocycles. The third kappa shape index (κ3) is 7.33. The standard InChI is InChI=1S/C25H34N2O8S/c1-16(2)25(36(31,32)19-9-10-22-23(13-19)35-15-34-22)27-14-21(28)20(26)12-17-5-7-18(8-6-17)33-11-3-4-24(29)30/h5-10,13,16,20-21,25,27-28H,3-4,11-12,14-15,26H2,1-2H3,(H,29,30)/t20-,21+,25?/m0/s1. The molecule has 10 nitrogen and oxygen atoms in total. The summed E-state index contributed by atoms with van der Waals surface area (Å²) in [5, 5.41) is 21.3. The molecule has 198 valence electrons. The van der Waals surface area contributed by atoms with Crippen LogP contribution in [0.4, 0.5) is 0 Å². The molecule has 0 bridgehead atoms. The first kappa shape index (κ1) is 27.7. The summed E-state index contributed by atoms with van der Waals surface area (Å²) in [6.45, 7) is 3.94. The molecule has 3 atom stereocenters. The van der Waals surface area contributed by atoms with Crippen LogP contribution in [0.5, 0.6) is 17.2 Å². The lowest BCUT2D eigenvalue weighted by Crippen LogP contribution is -2.49. The molecular weight excluding hydrogens is 488 g/mol. The van der Waals surface area contributed by atoms with Crippen LogP contribution in [0.2, 0.25) is 0 Å². The zero-order valence-electron chi connectivity index (χ0n) is 20.4. The Labute approximate surface area is 211 Å². The van der Waals surface area contributed by atoms with Gasteiger partial charge in [0.25, 0.3) is 0 Å². The number of aliphatic hydroxyl groups is 1. The molecule has 0 saturated carbocycles. The van der Waals surface area contributed by atoms with Gasteiger partial charge in [-0.25, -0.2) is 8.42 Å². The zero-order chi connectivity index (χ0) is 26.3. The average molecular weight is 523 g/mol. The maximum Gasteiger partial charge on any atom is 0.303 e. The summed E-state index contributed by atoms with van der Waals surface area (Å²) >= 11 is 0. The van der Waals surface area contributed by atoms with Gasteiger partial charge in [-0.05, 0) is 48.6 Å². The topological polar surface area (TPSA) is 157 Å². The van der Waals surface area contributed by atoms with E-state index in [1.807, 2.05) is 12.1 Å². The highest BCUT2D eigenvalue weighted by molar-refractivity contribution is 7.92. The number of hydrogen-bond acceptors (Lipinski definition) is 9. The van der Waals surface area contributed by atoms with Crippen LogP contribution in [0.15, 0.2) is 47.4 Å². The molecule has 1 heterocycles. The number of rotatable bonds is 14. The molecule has 3 rings (SSSR count). The first-order valence-corrected chi connectivity index (χ1v) is 13.4. The van der Waals surface area contributed by atoms with E-state index in [4.69, 9.17) is 25.1 Å². The van der Waals surface area contributed by atoms with Crippen LogP contribution in [0, 0.1) is 5.92 Å². The van der Waals surface area contributed by atoms with E-state index in [9.17, 15) is 18.3 Å². The quantitative estimate of drug-likeness (QED) is 0.270. The Morgan fingerprint density at radius 1 is 1.14 bits per heavy atom. The van der Waals surface area contributed by atoms with Crippen LogP contribution in [0.3, 0.4) is 0 Å². The molecule has 36 heavy (non-hydrogen) atoms. The number of nitrogens with one attached hydrogen (secondary N) is 1. The molecule has 0 amide bonds. The van der Waals surface area contributed by atoms with E-state index >= 15 is 0 Å². The first-order valence-electron chi connectivity index (χ1n) is 11.8. The number of fused-ring (bicyclic) bond motifs is 1. The van der Waals surface area contributed by atoms with Gasteiger partial charge >= 0.3 is 5.97 Å². The summed E-state index contributed by atoms with van der Waals surface area (Å²) in [7, 11) is -3.77. The molecule has 0 aromatic heterocycles. The minimum atomic E-state index is -3.77. The van der Waals surface area contributed by atoms with E-state index in [0.29, 0.717) is 36.7 Å². The van der Waals surface area contributed by atoms with Crippen molar-refractivity contribution in [2.75, 3.05) is 19.9 Å². The molecule has 0 spiro atoms. The number of ether oxygens (including phenoxy) is 3. The summed E-state index contributed by atoms with van der Waals surface area (Å²) < 4.78 is 42.7. The Bertz CT molecular complexity index is 1120. The van der Waals surface area contributed by atoms with E-state index in [2.05, 4.69) is 5.32 Å². The molecule has 5 N–H and O–H groups in total. The summed E-state index contributed by atoms with van der Waals surface area (Å²) in [6.07, 6.45) is -0.133. The Hall–Kier alpha value is -2.86. The lowest BCUT2D eigenvalue weighted by atomic mass is 10.0. The molecule has 2 aromatic rings. The van der Waals surface area contributed by atoms with Crippen molar-refractivity contribution in [2.24, 2.45) is 11.7 Å². The third-order valence-corrected chi connectivity index (χ3v) is 8.12. The van der Waals surface area contributed by atoms with Gasteiger partial charge in [0.1, 0.15) is 11.1 Å². The van der Waals surface area contributed by atoms with Gasteiger partial charge in [-0.1, -0.05) is 26.0 Å². The molecular formula is C25H34N2O8S. The normalized spacial score (nSPS) is 15.5. The fourth-order valence-corrected chi connectivity index (χ4v) is 5.69. The largest absolute Gasteiger partial charge is 0.494 e. The Morgan fingerprint density at radius 3 is 2.50 bits per heavy atom. The second kappa shape index (κ2) is 12.4. The highest BCUT2D eigenvalue weighted by atomic mass is 32.2. The zero-order valence-corrected chi connectivity index (χ0v) is 21.2. The number of aliphatic hydroxyl groups excluding tert-OH is 1. The predicted octanol–water partition coefficient (Wildman–Crippen LogP) is 1.94. The summed E-state index contributed by atoms with van der Waals surface area (Å²) in [4.78, 5) is 10.7. The number of carbonyl (C=O) groups is 1. The smallest absolute Gasteiger partial charge is 0.303 e. The summed E-state index contributed by atoms with van der Waals surface area (Å²) in [5.74, 6) is 0.376. The van der Waals surface area contributed by atoms with Gasteiger partial charge in [-0.2, -0.15) is 0 Å². The van der Waals surface area contributed by atoms with E-state index in [1.165, 1.54) is 12.1 Å². The van der Waals surface area contributed by atoms with Gasteiger partial charge in [-0.3, -0.25) is 10.1 Å². The van der Waals surface area contributed by atoms with Crippen molar-refractivity contribution >= 4 is 15.8 Å². The van der Waals surface area contributed by atoms with E-state index < -0.39 is 33.3 Å². The van der Waals surface area contributed by atoms with Crippen LogP contribution < -0.4 is 25.3 Å². The molecule has 0 radical (unpaired) electrons. The van der Waals surface area contributed by atoms with Crippen molar-refractivity contribution in [1.82, 2.24) is 5.32 Å². The van der Waals surface area contributed by atoms with Crippen LogP contribution in [-0.4, -0.2) is 62.1 Å². The number of carboxylic acid groups (broad SMARTS) is 1. The number of sulfone groups is 1. The Balaban J connectivity index is 1.54. The van der Waals surface area contributed by atoms with Gasteiger partial charge in [0.2, 0.25) is 6.79 Å². The van der Waals surface area contributed by atoms with Crippen molar-refractivity contribution in [3.63, 3.8) is 0 Å². The Morgan fingerprint density at radius 2 is 1.83 bits per heavy atom. The predicted molar refractivity (Wildman–Crippen MR) is 133 cm³/mol. The van der Waals surface area contributed by atoms with Crippen molar-refractivity contribution in [3.05, 3.63) is 48.0 Å². The molecule has 1 aliphatic heterocycles. The van der Waals surface area contributed by atoms with Crippen LogP contribution >= 0.6 is 0 Å². The van der Waals surface area contributed by atoms with Crippen molar-refractivity contribution in [1.29, 1.82) is 0 Å². The van der Waals surface area contributed by atoms with Crippen LogP contribution in [0.1, 0.15) is 32.3 Å². The fourth-order valence-electron chi connectivity index (χ4n) is 3.84. The number of nitrogens with two attached hydrogens (primary N) is 1. The molecule has 1 unspecified atom stereocenters. The first-order chi connectivity index (χ1) is 17.1. The van der Waals surface area contributed by atoms with Crippen molar-refractivity contribution in [3.8, 4) is 17.2 Å². The molecule has 0 aliphatic carbocycles. The molecule has 11 heteroatoms. The highest BCUT2D eigenvalue weighted by Gasteiger charge is 2.32. The van der Waals surface area contributed by atoms with E-state index in [-0.39, 0.29) is 30.6 Å². The number of carboxylic acids is 1. The fraction of sp³-hybridized carbons (Fsp3) is 0.480. The average Bonchev–Trinajstić information content (AvgIpc) is 3.30. The lowest BCUT2D eigenvalue weighted by molar-refractivity contribution is -0.137. The van der Waals surface area contributed by atoms with Gasteiger partial charge in [0.15, 0.2) is 21.3 Å². The number of hydrogen-bond donors (Lipinski definition) is 4. The van der Waals surface area contributed by atoms with Crippen molar-refractivity contribution in [2.45, 2.75) is 55.5 Å². The third-order valence-electron chi connectivity index (χ3n) is 5.83. The number of benzene rings is 2. The van der Waals surface area contributed by atoms with Crippen LogP contribution in [0.25, 0.3) is 0 Å². The second-order valence-electron chi connectivity index (χ2n) is 9.06. The van der Waals surface area contributed by atoms with Crippen molar-refractivity contribution < 1.29 is 37.6 Å². The minimum absolute atomic E-state index is 0.00142. The number of aliphatic carboxylic acids is 1. The Kier molecular flexibility index (Phi) is 9.55. The SMILES string of the molecule is CC(C)C(NC[C@@H](O)[C@@H](N)Cc1ccc(OCCCC(=O)O)cc1)S(=O)(=O)c1ccc2c(c1)OCO2. The molecule has 0 saturated heterocycles. The lowest BCUT2D eigenvalue weighted by Gasteiger charge is -2.26.